The van der Waals surface area contributed by atoms with Gasteiger partial charge in [-0.25, -0.2) is 0 Å². The molecule has 0 aliphatic carbocycles. The lowest BCUT2D eigenvalue weighted by Crippen LogP contribution is -2.44. The second-order valence-corrected chi connectivity index (χ2v) is 11.1. The number of ether oxygens (including phenoxy) is 2. The summed E-state index contributed by atoms with van der Waals surface area (Å²) in [6, 6.07) is 16.8. The van der Waals surface area contributed by atoms with E-state index in [0.717, 1.165) is 47.0 Å². The van der Waals surface area contributed by atoms with Crippen LogP contribution >= 0.6 is 47.8 Å². The molecule has 184 valence electrons. The zero-order valence-corrected chi connectivity index (χ0v) is 24.8. The summed E-state index contributed by atoms with van der Waals surface area (Å²) >= 11 is 10.2. The molecule has 4 atom stereocenters. The maximum atomic E-state index is 5.72. The molecule has 2 aromatic rings. The molecular weight excluding hydrogens is 612 g/mol. The minimum absolute atomic E-state index is 0.346. The van der Waals surface area contributed by atoms with Gasteiger partial charge in [0.2, 0.25) is 0 Å². The molecule has 2 heterocycles. The Labute approximate surface area is 225 Å². The van der Waals surface area contributed by atoms with Crippen LogP contribution in [0.3, 0.4) is 0 Å². The number of hydrogen-bond donors (Lipinski definition) is 1. The highest BCUT2D eigenvalue weighted by Crippen LogP contribution is 2.16. The Balaban J connectivity index is 0.000000192. The maximum Gasteiger partial charge on any atom is 0.0678 e. The first-order chi connectivity index (χ1) is 15.7. The quantitative estimate of drug-likeness (QED) is 0.372. The molecule has 2 aliphatic rings. The first-order valence-electron chi connectivity index (χ1n) is 11.5. The monoisotopic (exact) mass is 646 g/mol. The van der Waals surface area contributed by atoms with Crippen LogP contribution in [0.5, 0.6) is 0 Å². The van der Waals surface area contributed by atoms with Gasteiger partial charge in [-0.3, -0.25) is 4.90 Å². The lowest BCUT2D eigenvalue weighted by molar-refractivity contribution is -0.0704. The van der Waals surface area contributed by atoms with Crippen LogP contribution in [0.25, 0.3) is 0 Å². The van der Waals surface area contributed by atoms with Crippen LogP contribution in [0.4, 0.5) is 0 Å². The number of alkyl halides is 1. The van der Waals surface area contributed by atoms with E-state index >= 15 is 0 Å². The third-order valence-corrected chi connectivity index (χ3v) is 6.92. The first-order valence-corrected chi connectivity index (χ1v) is 14.2. The fourth-order valence-electron chi connectivity index (χ4n) is 3.82. The standard InChI is InChI=1S/C13H18BrNO.C7H6Br2.C6H13NO/c1-10-7-15(8-11(2)16-10)9-12-3-5-13(14)6-4-12;8-5-6-1-3-7(9)4-2-6;1-5-3-7-4-6(2)8-5/h3-6,10-11H,7-9H2,1-2H3;1-4H,5H2;5-7H,3-4H2,1-2H3. The Kier molecular flexibility index (Phi) is 13.7. The van der Waals surface area contributed by atoms with Gasteiger partial charge in [-0.15, -0.1) is 0 Å². The summed E-state index contributed by atoms with van der Waals surface area (Å²) < 4.78 is 13.4. The third kappa shape index (κ3) is 12.3. The van der Waals surface area contributed by atoms with Gasteiger partial charge >= 0.3 is 0 Å². The van der Waals surface area contributed by atoms with Crippen molar-refractivity contribution >= 4 is 47.8 Å². The van der Waals surface area contributed by atoms with E-state index in [4.69, 9.17) is 9.47 Å². The van der Waals surface area contributed by atoms with E-state index in [1.807, 2.05) is 12.1 Å². The first kappa shape index (κ1) is 29.0. The Bertz CT molecular complexity index is 771. The summed E-state index contributed by atoms with van der Waals surface area (Å²) in [5.74, 6) is 0. The Morgan fingerprint density at radius 2 is 1.15 bits per heavy atom. The van der Waals surface area contributed by atoms with Crippen molar-refractivity contribution in [2.24, 2.45) is 0 Å². The molecular formula is C26H37Br3N2O2. The summed E-state index contributed by atoms with van der Waals surface area (Å²) in [7, 11) is 0. The van der Waals surface area contributed by atoms with E-state index in [1.165, 1.54) is 11.1 Å². The SMILES string of the molecule is BrCc1ccc(Br)cc1.CC1CN(Cc2ccc(Br)cc2)CC(C)O1.CC1CNCC(C)O1. The van der Waals surface area contributed by atoms with Crippen LogP contribution < -0.4 is 5.32 Å². The van der Waals surface area contributed by atoms with E-state index in [2.05, 4.69) is 122 Å². The number of nitrogens with one attached hydrogen (secondary N) is 1. The average molecular weight is 649 g/mol. The number of nitrogens with zero attached hydrogens (tertiary/aromatic N) is 1. The lowest BCUT2D eigenvalue weighted by Gasteiger charge is -2.35. The molecule has 0 amide bonds. The van der Waals surface area contributed by atoms with Gasteiger partial charge in [-0.2, -0.15) is 0 Å². The molecule has 0 aromatic heterocycles. The fraction of sp³-hybridized carbons (Fsp3) is 0.538. The summed E-state index contributed by atoms with van der Waals surface area (Å²) in [6.07, 6.45) is 1.50. The average Bonchev–Trinajstić information content (AvgIpc) is 2.76. The highest BCUT2D eigenvalue weighted by molar-refractivity contribution is 9.10. The molecule has 2 saturated heterocycles. The molecule has 4 unspecified atom stereocenters. The van der Waals surface area contributed by atoms with Crippen molar-refractivity contribution in [3.63, 3.8) is 0 Å². The van der Waals surface area contributed by atoms with Gasteiger partial charge in [-0.05, 0) is 63.1 Å². The van der Waals surface area contributed by atoms with E-state index < -0.39 is 0 Å². The second kappa shape index (κ2) is 15.7. The minimum Gasteiger partial charge on any atom is -0.373 e. The highest BCUT2D eigenvalue weighted by Gasteiger charge is 2.21. The molecule has 4 rings (SSSR count). The molecule has 2 aliphatic heterocycles. The van der Waals surface area contributed by atoms with Crippen molar-refractivity contribution in [2.45, 2.75) is 64.0 Å². The van der Waals surface area contributed by atoms with E-state index in [9.17, 15) is 0 Å². The number of rotatable bonds is 3. The molecule has 2 aromatic carbocycles. The third-order valence-electron chi connectivity index (χ3n) is 5.21. The van der Waals surface area contributed by atoms with Crippen molar-refractivity contribution in [3.8, 4) is 0 Å². The molecule has 0 spiro atoms. The summed E-state index contributed by atoms with van der Waals surface area (Å²) in [4.78, 5) is 2.46. The van der Waals surface area contributed by atoms with E-state index in [0.29, 0.717) is 24.4 Å². The highest BCUT2D eigenvalue weighted by atomic mass is 79.9. The van der Waals surface area contributed by atoms with Gasteiger partial charge < -0.3 is 14.8 Å². The fourth-order valence-corrected chi connectivity index (χ4v) is 4.72. The predicted molar refractivity (Wildman–Crippen MR) is 149 cm³/mol. The normalized spacial score (nSPS) is 25.3. The molecule has 0 bridgehead atoms. The van der Waals surface area contributed by atoms with Crippen LogP contribution in [0.1, 0.15) is 38.8 Å². The molecule has 0 saturated carbocycles. The Hall–Kier alpha value is -0.280. The van der Waals surface area contributed by atoms with Crippen molar-refractivity contribution in [3.05, 3.63) is 68.6 Å². The molecule has 1 N–H and O–H groups in total. The molecule has 0 radical (unpaired) electrons. The van der Waals surface area contributed by atoms with Crippen molar-refractivity contribution in [1.29, 1.82) is 0 Å². The van der Waals surface area contributed by atoms with Gasteiger partial charge in [0.25, 0.3) is 0 Å². The van der Waals surface area contributed by atoms with Crippen molar-refractivity contribution < 1.29 is 9.47 Å². The van der Waals surface area contributed by atoms with Crippen LogP contribution in [0, 0.1) is 0 Å². The topological polar surface area (TPSA) is 33.7 Å². The predicted octanol–water partition coefficient (Wildman–Crippen LogP) is 6.79. The number of halogens is 3. The van der Waals surface area contributed by atoms with Gasteiger partial charge in [0.05, 0.1) is 24.4 Å². The number of morpholine rings is 2. The van der Waals surface area contributed by atoms with E-state index in [1.54, 1.807) is 0 Å². The van der Waals surface area contributed by atoms with Gasteiger partial charge in [0.1, 0.15) is 0 Å². The zero-order chi connectivity index (χ0) is 24.2. The second-order valence-electron chi connectivity index (χ2n) is 8.75. The molecule has 2 fully saturated rings. The zero-order valence-electron chi connectivity index (χ0n) is 20.1. The summed E-state index contributed by atoms with van der Waals surface area (Å²) in [6.45, 7) is 13.5. The molecule has 33 heavy (non-hydrogen) atoms. The van der Waals surface area contributed by atoms with Crippen LogP contribution in [-0.4, -0.2) is 55.5 Å². The molecule has 4 nitrogen and oxygen atoms in total. The minimum atomic E-state index is 0.346. The largest absolute Gasteiger partial charge is 0.373 e. The van der Waals surface area contributed by atoms with Crippen LogP contribution in [0.15, 0.2) is 57.5 Å². The van der Waals surface area contributed by atoms with Crippen LogP contribution in [0.2, 0.25) is 0 Å². The van der Waals surface area contributed by atoms with Gasteiger partial charge in [-0.1, -0.05) is 72.1 Å². The van der Waals surface area contributed by atoms with E-state index in [-0.39, 0.29) is 0 Å². The van der Waals surface area contributed by atoms with Gasteiger partial charge in [0.15, 0.2) is 0 Å². The summed E-state index contributed by atoms with van der Waals surface area (Å²) in [5, 5.41) is 4.19. The Morgan fingerprint density at radius 1 is 0.727 bits per heavy atom. The maximum absolute atomic E-state index is 5.72. The molecule has 7 heteroatoms. The van der Waals surface area contributed by atoms with Gasteiger partial charge in [0, 0.05) is 47.0 Å². The van der Waals surface area contributed by atoms with Crippen molar-refractivity contribution in [2.75, 3.05) is 26.2 Å². The number of hydrogen-bond acceptors (Lipinski definition) is 4. The summed E-state index contributed by atoms with van der Waals surface area (Å²) in [5.41, 5.74) is 2.67. The number of benzene rings is 2. The van der Waals surface area contributed by atoms with Crippen molar-refractivity contribution in [1.82, 2.24) is 10.2 Å². The lowest BCUT2D eigenvalue weighted by atomic mass is 10.1. The smallest absolute Gasteiger partial charge is 0.0678 e. The van der Waals surface area contributed by atoms with Crippen LogP contribution in [-0.2, 0) is 21.3 Å². The Morgan fingerprint density at radius 3 is 1.55 bits per heavy atom.